The molecule has 1 aliphatic carbocycles. The number of Topliss-reactive ketones (excluding diaryl/α,β-unsaturated/α-hetero) is 1. The Balaban J connectivity index is 2.27. The molecule has 0 amide bonds. The van der Waals surface area contributed by atoms with Crippen molar-refractivity contribution in [2.24, 2.45) is 0 Å². The van der Waals surface area contributed by atoms with E-state index in [2.05, 4.69) is 30.8 Å². The van der Waals surface area contributed by atoms with Gasteiger partial charge in [0.1, 0.15) is 5.69 Å². The third kappa shape index (κ3) is 1.98. The van der Waals surface area contributed by atoms with Gasteiger partial charge in [0.15, 0.2) is 10.9 Å². The van der Waals surface area contributed by atoms with E-state index in [-0.39, 0.29) is 5.78 Å². The summed E-state index contributed by atoms with van der Waals surface area (Å²) in [6, 6.07) is 0.475. The van der Waals surface area contributed by atoms with E-state index in [0.29, 0.717) is 12.5 Å². The van der Waals surface area contributed by atoms with Gasteiger partial charge in [0.25, 0.3) is 0 Å². The Bertz CT molecular complexity index is 400. The number of nitrogens with zero attached hydrogens (tertiary/aromatic N) is 2. The minimum Gasteiger partial charge on any atom is -0.348 e. The standard InChI is InChI=1S/C12H18N2OS/c1-4-8(2)14(3)12-13-11-9(15)6-5-7-10(11)16-12/h8H,4-7H2,1-3H3. The highest BCUT2D eigenvalue weighted by molar-refractivity contribution is 7.16. The van der Waals surface area contributed by atoms with Gasteiger partial charge in [-0.2, -0.15) is 0 Å². The molecule has 0 radical (unpaired) electrons. The summed E-state index contributed by atoms with van der Waals surface area (Å²) in [5.74, 6) is 0.223. The smallest absolute Gasteiger partial charge is 0.186 e. The van der Waals surface area contributed by atoms with Crippen LogP contribution in [0.15, 0.2) is 0 Å². The fourth-order valence-corrected chi connectivity index (χ4v) is 3.05. The highest BCUT2D eigenvalue weighted by atomic mass is 32.1. The molecule has 16 heavy (non-hydrogen) atoms. The van der Waals surface area contributed by atoms with Gasteiger partial charge in [-0.1, -0.05) is 6.92 Å². The molecular formula is C12H18N2OS. The van der Waals surface area contributed by atoms with E-state index in [9.17, 15) is 4.79 Å². The van der Waals surface area contributed by atoms with E-state index in [1.807, 2.05) is 0 Å². The topological polar surface area (TPSA) is 33.2 Å². The molecule has 4 heteroatoms. The molecule has 0 aromatic carbocycles. The van der Waals surface area contributed by atoms with Crippen molar-refractivity contribution in [2.45, 2.75) is 45.6 Å². The molecule has 0 fully saturated rings. The molecule has 1 unspecified atom stereocenters. The minimum atomic E-state index is 0.223. The summed E-state index contributed by atoms with van der Waals surface area (Å²) in [7, 11) is 2.06. The first-order valence-corrected chi connectivity index (χ1v) is 6.70. The van der Waals surface area contributed by atoms with Gasteiger partial charge < -0.3 is 4.90 Å². The number of carbonyl (C=O) groups is 1. The number of carbonyl (C=O) groups excluding carboxylic acids is 1. The zero-order valence-electron chi connectivity index (χ0n) is 10.1. The molecule has 1 atom stereocenters. The molecule has 0 saturated heterocycles. The fourth-order valence-electron chi connectivity index (χ4n) is 1.87. The molecule has 0 N–H and O–H groups in total. The van der Waals surface area contributed by atoms with Gasteiger partial charge >= 0.3 is 0 Å². The van der Waals surface area contributed by atoms with Crippen molar-refractivity contribution >= 4 is 22.3 Å². The van der Waals surface area contributed by atoms with Gasteiger partial charge in [-0.05, 0) is 26.2 Å². The number of hydrogen-bond donors (Lipinski definition) is 0. The van der Waals surface area contributed by atoms with Crippen LogP contribution in [-0.4, -0.2) is 23.9 Å². The monoisotopic (exact) mass is 238 g/mol. The number of thiazole rings is 1. The van der Waals surface area contributed by atoms with Crippen molar-refractivity contribution in [3.05, 3.63) is 10.6 Å². The van der Waals surface area contributed by atoms with E-state index >= 15 is 0 Å². The van der Waals surface area contributed by atoms with Crippen LogP contribution in [0.2, 0.25) is 0 Å². The molecule has 0 bridgehead atoms. The summed E-state index contributed by atoms with van der Waals surface area (Å²) in [4.78, 5) is 19.5. The Labute approximate surface area is 100 Å². The van der Waals surface area contributed by atoms with Crippen molar-refractivity contribution in [3.63, 3.8) is 0 Å². The summed E-state index contributed by atoms with van der Waals surface area (Å²) in [6.07, 6.45) is 3.77. The maximum Gasteiger partial charge on any atom is 0.186 e. The number of anilines is 1. The fraction of sp³-hybridized carbons (Fsp3) is 0.667. The predicted molar refractivity (Wildman–Crippen MR) is 67.5 cm³/mol. The molecule has 2 rings (SSSR count). The third-order valence-corrected chi connectivity index (χ3v) is 4.52. The number of aromatic nitrogens is 1. The van der Waals surface area contributed by atoms with Crippen molar-refractivity contribution in [3.8, 4) is 0 Å². The highest BCUT2D eigenvalue weighted by Crippen LogP contribution is 2.32. The molecule has 0 aliphatic heterocycles. The molecule has 1 aromatic rings. The van der Waals surface area contributed by atoms with Crippen LogP contribution < -0.4 is 4.90 Å². The number of aryl methyl sites for hydroxylation is 1. The summed E-state index contributed by atoms with van der Waals surface area (Å²) < 4.78 is 0. The molecule has 1 heterocycles. The second-order valence-electron chi connectivity index (χ2n) is 4.41. The Morgan fingerprint density at radius 1 is 1.50 bits per heavy atom. The van der Waals surface area contributed by atoms with Crippen LogP contribution in [0, 0.1) is 0 Å². The lowest BCUT2D eigenvalue weighted by Gasteiger charge is -2.22. The van der Waals surface area contributed by atoms with Gasteiger partial charge in [0.05, 0.1) is 0 Å². The van der Waals surface area contributed by atoms with Crippen molar-refractivity contribution in [2.75, 3.05) is 11.9 Å². The van der Waals surface area contributed by atoms with Gasteiger partial charge in [-0.15, -0.1) is 11.3 Å². The lowest BCUT2D eigenvalue weighted by atomic mass is 10.0. The number of ketones is 1. The van der Waals surface area contributed by atoms with Gasteiger partial charge in [-0.25, -0.2) is 4.98 Å². The highest BCUT2D eigenvalue weighted by Gasteiger charge is 2.24. The third-order valence-electron chi connectivity index (χ3n) is 3.31. The molecular weight excluding hydrogens is 220 g/mol. The molecule has 88 valence electrons. The zero-order valence-corrected chi connectivity index (χ0v) is 10.9. The molecule has 1 aromatic heterocycles. The maximum atomic E-state index is 11.7. The number of hydrogen-bond acceptors (Lipinski definition) is 4. The summed E-state index contributed by atoms with van der Waals surface area (Å²) >= 11 is 1.68. The van der Waals surface area contributed by atoms with Crippen molar-refractivity contribution < 1.29 is 4.79 Å². The van der Waals surface area contributed by atoms with E-state index in [1.165, 1.54) is 4.88 Å². The van der Waals surface area contributed by atoms with Crippen molar-refractivity contribution in [1.82, 2.24) is 4.98 Å². The summed E-state index contributed by atoms with van der Waals surface area (Å²) in [5, 5.41) is 0.995. The van der Waals surface area contributed by atoms with Crippen LogP contribution in [0.1, 0.15) is 48.5 Å². The van der Waals surface area contributed by atoms with Crippen LogP contribution >= 0.6 is 11.3 Å². The summed E-state index contributed by atoms with van der Waals surface area (Å²) in [6.45, 7) is 4.35. The average Bonchev–Trinajstić information content (AvgIpc) is 2.72. The predicted octanol–water partition coefficient (Wildman–Crippen LogP) is 2.90. The van der Waals surface area contributed by atoms with Crippen LogP contribution in [-0.2, 0) is 6.42 Å². The van der Waals surface area contributed by atoms with E-state index in [1.54, 1.807) is 11.3 Å². The Hall–Kier alpha value is -0.900. The Kier molecular flexibility index (Phi) is 3.28. The summed E-state index contributed by atoms with van der Waals surface area (Å²) in [5.41, 5.74) is 0.737. The maximum absolute atomic E-state index is 11.7. The van der Waals surface area contributed by atoms with E-state index in [0.717, 1.165) is 30.1 Å². The molecule has 1 aliphatic rings. The van der Waals surface area contributed by atoms with Gasteiger partial charge in [0.2, 0.25) is 0 Å². The van der Waals surface area contributed by atoms with E-state index < -0.39 is 0 Å². The second kappa shape index (κ2) is 4.53. The zero-order chi connectivity index (χ0) is 11.7. The van der Waals surface area contributed by atoms with Crippen LogP contribution in [0.25, 0.3) is 0 Å². The largest absolute Gasteiger partial charge is 0.348 e. The van der Waals surface area contributed by atoms with Crippen LogP contribution in [0.3, 0.4) is 0 Å². The normalized spacial score (nSPS) is 17.1. The van der Waals surface area contributed by atoms with Crippen LogP contribution in [0.5, 0.6) is 0 Å². The number of fused-ring (bicyclic) bond motifs is 1. The quantitative estimate of drug-likeness (QED) is 0.812. The Morgan fingerprint density at radius 2 is 2.25 bits per heavy atom. The molecule has 0 saturated carbocycles. The lowest BCUT2D eigenvalue weighted by molar-refractivity contribution is 0.0968. The first-order valence-electron chi connectivity index (χ1n) is 5.89. The SMILES string of the molecule is CCC(C)N(C)c1nc2c(s1)CCCC2=O. The number of rotatable bonds is 3. The van der Waals surface area contributed by atoms with E-state index in [4.69, 9.17) is 0 Å². The van der Waals surface area contributed by atoms with Crippen molar-refractivity contribution in [1.29, 1.82) is 0 Å². The van der Waals surface area contributed by atoms with Gasteiger partial charge in [-0.3, -0.25) is 4.79 Å². The molecule has 0 spiro atoms. The molecule has 3 nitrogen and oxygen atoms in total. The second-order valence-corrected chi connectivity index (χ2v) is 5.48. The van der Waals surface area contributed by atoms with Gasteiger partial charge in [0, 0.05) is 24.4 Å². The van der Waals surface area contributed by atoms with Crippen LogP contribution in [0.4, 0.5) is 5.13 Å². The Morgan fingerprint density at radius 3 is 2.88 bits per heavy atom. The average molecular weight is 238 g/mol. The lowest BCUT2D eigenvalue weighted by Crippen LogP contribution is -2.27. The first-order chi connectivity index (χ1) is 7.63. The first kappa shape index (κ1) is 11.6. The minimum absolute atomic E-state index is 0.223.